The smallest absolute Gasteiger partial charge is 0.122 e. The van der Waals surface area contributed by atoms with Crippen molar-refractivity contribution in [1.29, 1.82) is 0 Å². The predicted molar refractivity (Wildman–Crippen MR) is 81.7 cm³/mol. The maximum Gasteiger partial charge on any atom is 0.122 e. The van der Waals surface area contributed by atoms with Crippen LogP contribution in [0, 0.1) is 5.92 Å². The van der Waals surface area contributed by atoms with Gasteiger partial charge in [0.25, 0.3) is 0 Å². The molecule has 2 aliphatic carbocycles. The Balaban J connectivity index is 1.71. The molecule has 0 aliphatic heterocycles. The van der Waals surface area contributed by atoms with E-state index in [0.717, 1.165) is 24.3 Å². The van der Waals surface area contributed by atoms with Crippen LogP contribution < -0.4 is 5.73 Å². The molecule has 0 bridgehead atoms. The summed E-state index contributed by atoms with van der Waals surface area (Å²) in [6.45, 7) is 6.36. The molecule has 3 rings (SSSR count). The Kier molecular flexibility index (Phi) is 4.18. The van der Waals surface area contributed by atoms with E-state index >= 15 is 0 Å². The number of unbranched alkanes of at least 4 members (excludes halogenated alkanes) is 1. The second-order valence-electron chi connectivity index (χ2n) is 6.63. The molecule has 20 heavy (non-hydrogen) atoms. The third-order valence-electron chi connectivity index (χ3n) is 4.86. The first kappa shape index (κ1) is 14.2. The highest BCUT2D eigenvalue weighted by molar-refractivity contribution is 5.20. The summed E-state index contributed by atoms with van der Waals surface area (Å²) in [6, 6.07) is 5.36. The van der Waals surface area contributed by atoms with Crippen molar-refractivity contribution in [2.24, 2.45) is 11.7 Å². The van der Waals surface area contributed by atoms with E-state index in [1.165, 1.54) is 37.9 Å². The number of nitrogens with two attached hydrogens (primary N) is 1. The molecule has 112 valence electrons. The molecule has 0 spiro atoms. The zero-order valence-electron chi connectivity index (χ0n) is 12.8. The van der Waals surface area contributed by atoms with E-state index in [9.17, 15) is 0 Å². The van der Waals surface area contributed by atoms with Gasteiger partial charge < -0.3 is 10.2 Å². The Hall–Kier alpha value is -0.800. The van der Waals surface area contributed by atoms with Crippen molar-refractivity contribution >= 4 is 0 Å². The van der Waals surface area contributed by atoms with Crippen LogP contribution in [0.5, 0.6) is 0 Å². The molecule has 3 nitrogen and oxygen atoms in total. The van der Waals surface area contributed by atoms with Crippen molar-refractivity contribution in [1.82, 2.24) is 4.90 Å². The van der Waals surface area contributed by atoms with Crippen molar-refractivity contribution < 1.29 is 4.42 Å². The molecule has 2 fully saturated rings. The largest absolute Gasteiger partial charge is 0.464 e. The Bertz CT molecular complexity index is 438. The second kappa shape index (κ2) is 5.90. The van der Waals surface area contributed by atoms with Crippen molar-refractivity contribution in [2.45, 2.75) is 64.0 Å². The summed E-state index contributed by atoms with van der Waals surface area (Å²) in [5.41, 5.74) is 6.07. The van der Waals surface area contributed by atoms with Gasteiger partial charge in [-0.05, 0) is 50.3 Å². The molecular formula is C17H28N2O. The van der Waals surface area contributed by atoms with E-state index in [2.05, 4.69) is 30.9 Å². The first-order valence-corrected chi connectivity index (χ1v) is 8.30. The van der Waals surface area contributed by atoms with Crippen LogP contribution in [-0.2, 0) is 0 Å². The van der Waals surface area contributed by atoms with Gasteiger partial charge in [0.2, 0.25) is 0 Å². The SMILES string of the molecule is CCCCN(C1CC1)C(CN)c1ccc(C2CC2C)o1. The fraction of sp³-hybridized carbons (Fsp3) is 0.765. The Labute approximate surface area is 122 Å². The quantitative estimate of drug-likeness (QED) is 0.788. The topological polar surface area (TPSA) is 42.4 Å². The summed E-state index contributed by atoms with van der Waals surface area (Å²) in [5.74, 6) is 3.72. The molecule has 0 aromatic carbocycles. The van der Waals surface area contributed by atoms with Crippen LogP contribution in [0.3, 0.4) is 0 Å². The Morgan fingerprint density at radius 2 is 2.15 bits per heavy atom. The molecule has 3 heteroatoms. The zero-order valence-corrected chi connectivity index (χ0v) is 12.8. The Morgan fingerprint density at radius 3 is 2.70 bits per heavy atom. The average molecular weight is 276 g/mol. The van der Waals surface area contributed by atoms with E-state index in [-0.39, 0.29) is 6.04 Å². The third kappa shape index (κ3) is 2.94. The lowest BCUT2D eigenvalue weighted by Gasteiger charge is -2.29. The van der Waals surface area contributed by atoms with E-state index in [1.54, 1.807) is 0 Å². The zero-order chi connectivity index (χ0) is 14.1. The number of hydrogen-bond donors (Lipinski definition) is 1. The minimum absolute atomic E-state index is 0.275. The Morgan fingerprint density at radius 1 is 1.40 bits per heavy atom. The van der Waals surface area contributed by atoms with Gasteiger partial charge in [0.15, 0.2) is 0 Å². The molecule has 0 radical (unpaired) electrons. The van der Waals surface area contributed by atoms with Crippen molar-refractivity contribution in [3.8, 4) is 0 Å². The van der Waals surface area contributed by atoms with Gasteiger partial charge in [-0.2, -0.15) is 0 Å². The summed E-state index contributed by atoms with van der Waals surface area (Å²) < 4.78 is 6.15. The molecule has 1 heterocycles. The maximum atomic E-state index is 6.15. The van der Waals surface area contributed by atoms with Crippen LogP contribution in [0.2, 0.25) is 0 Å². The van der Waals surface area contributed by atoms with Crippen LogP contribution in [0.15, 0.2) is 16.5 Å². The van der Waals surface area contributed by atoms with Crippen LogP contribution in [0.25, 0.3) is 0 Å². The molecule has 1 aromatic heterocycles. The van der Waals surface area contributed by atoms with E-state index in [4.69, 9.17) is 10.2 Å². The third-order valence-corrected chi connectivity index (χ3v) is 4.86. The van der Waals surface area contributed by atoms with E-state index in [0.29, 0.717) is 12.5 Å². The molecule has 2 N–H and O–H groups in total. The lowest BCUT2D eigenvalue weighted by molar-refractivity contribution is 0.165. The standard InChI is InChI=1S/C17H28N2O/c1-3-4-9-19(13-5-6-13)15(11-18)17-8-7-16(20-17)14-10-12(14)2/h7-8,12-15H,3-6,9-11,18H2,1-2H3. The number of furan rings is 1. The number of nitrogens with zero attached hydrogens (tertiary/aromatic N) is 1. The summed E-state index contributed by atoms with van der Waals surface area (Å²) >= 11 is 0. The maximum absolute atomic E-state index is 6.15. The van der Waals surface area contributed by atoms with Gasteiger partial charge in [-0.1, -0.05) is 20.3 Å². The lowest BCUT2D eigenvalue weighted by atomic mass is 10.1. The van der Waals surface area contributed by atoms with Crippen molar-refractivity contribution in [3.05, 3.63) is 23.7 Å². The molecular weight excluding hydrogens is 248 g/mol. The minimum Gasteiger partial charge on any atom is -0.464 e. The highest BCUT2D eigenvalue weighted by Gasteiger charge is 2.38. The predicted octanol–water partition coefficient (Wildman–Crippen LogP) is 3.67. The van der Waals surface area contributed by atoms with E-state index in [1.807, 2.05) is 0 Å². The second-order valence-corrected chi connectivity index (χ2v) is 6.63. The first-order chi connectivity index (χ1) is 9.74. The van der Waals surface area contributed by atoms with Gasteiger partial charge >= 0.3 is 0 Å². The van der Waals surface area contributed by atoms with Crippen LogP contribution in [0.4, 0.5) is 0 Å². The van der Waals surface area contributed by atoms with Gasteiger partial charge in [-0.15, -0.1) is 0 Å². The molecule has 3 unspecified atom stereocenters. The number of hydrogen-bond acceptors (Lipinski definition) is 3. The normalized spacial score (nSPS) is 27.0. The summed E-state index contributed by atoms with van der Waals surface area (Å²) in [7, 11) is 0. The minimum atomic E-state index is 0.275. The van der Waals surface area contributed by atoms with Crippen LogP contribution >= 0.6 is 0 Å². The van der Waals surface area contributed by atoms with E-state index < -0.39 is 0 Å². The summed E-state index contributed by atoms with van der Waals surface area (Å²) in [4.78, 5) is 2.59. The van der Waals surface area contributed by atoms with Gasteiger partial charge in [0, 0.05) is 18.5 Å². The van der Waals surface area contributed by atoms with Gasteiger partial charge in [-0.25, -0.2) is 0 Å². The monoisotopic (exact) mass is 276 g/mol. The van der Waals surface area contributed by atoms with Crippen molar-refractivity contribution in [3.63, 3.8) is 0 Å². The molecule has 0 saturated heterocycles. The molecule has 2 aliphatic rings. The van der Waals surface area contributed by atoms with Gasteiger partial charge in [-0.3, -0.25) is 4.90 Å². The lowest BCUT2D eigenvalue weighted by Crippen LogP contribution is -2.36. The van der Waals surface area contributed by atoms with Crippen molar-refractivity contribution in [2.75, 3.05) is 13.1 Å². The first-order valence-electron chi connectivity index (χ1n) is 8.30. The molecule has 2 saturated carbocycles. The summed E-state index contributed by atoms with van der Waals surface area (Å²) in [5, 5.41) is 0. The highest BCUT2D eigenvalue weighted by Crippen LogP contribution is 2.48. The fourth-order valence-electron chi connectivity index (χ4n) is 3.22. The number of rotatable bonds is 8. The molecule has 0 amide bonds. The molecule has 3 atom stereocenters. The van der Waals surface area contributed by atoms with Gasteiger partial charge in [0.05, 0.1) is 6.04 Å². The highest BCUT2D eigenvalue weighted by atomic mass is 16.3. The summed E-state index contributed by atoms with van der Waals surface area (Å²) in [6.07, 6.45) is 6.42. The van der Waals surface area contributed by atoms with Gasteiger partial charge in [0.1, 0.15) is 11.5 Å². The van der Waals surface area contributed by atoms with Crippen LogP contribution in [-0.4, -0.2) is 24.0 Å². The fourth-order valence-corrected chi connectivity index (χ4v) is 3.22. The average Bonchev–Trinajstić information content (AvgIpc) is 3.36. The molecule has 1 aromatic rings. The van der Waals surface area contributed by atoms with Crippen LogP contribution in [0.1, 0.15) is 69.4 Å².